The van der Waals surface area contributed by atoms with Crippen molar-refractivity contribution in [2.45, 2.75) is 6.42 Å². The van der Waals surface area contributed by atoms with Gasteiger partial charge in [-0.3, -0.25) is 4.79 Å². The van der Waals surface area contributed by atoms with Crippen LogP contribution in [0.2, 0.25) is 0 Å². The molecule has 1 aromatic carbocycles. The fourth-order valence-corrected chi connectivity index (χ4v) is 2.62. The highest BCUT2D eigenvalue weighted by molar-refractivity contribution is 6.18. The quantitative estimate of drug-likeness (QED) is 0.807. The first-order valence-corrected chi connectivity index (χ1v) is 6.78. The molecule has 1 fully saturated rings. The van der Waals surface area contributed by atoms with Crippen LogP contribution >= 0.6 is 11.6 Å². The average Bonchev–Trinajstić information content (AvgIpc) is 3.08. The molecule has 1 aliphatic heterocycles. The van der Waals surface area contributed by atoms with Crippen molar-refractivity contribution >= 4 is 23.2 Å². The predicted octanol–water partition coefficient (Wildman–Crippen LogP) is 2.46. The lowest BCUT2D eigenvalue weighted by atomic mass is 10.1. The molecule has 0 N–H and O–H groups in total. The molecule has 3 rings (SSSR count). The maximum Gasteiger partial charge on any atom is 0.227 e. The second kappa shape index (κ2) is 5.05. The van der Waals surface area contributed by atoms with Crippen LogP contribution in [-0.4, -0.2) is 28.1 Å². The maximum absolute atomic E-state index is 12.1. The zero-order valence-corrected chi connectivity index (χ0v) is 11.1. The molecule has 0 saturated carbocycles. The fraction of sp³-hybridized carbons (Fsp3) is 0.286. The van der Waals surface area contributed by atoms with Crippen LogP contribution in [0.25, 0.3) is 5.69 Å². The molecule has 2 aromatic rings. The summed E-state index contributed by atoms with van der Waals surface area (Å²) in [6.07, 6.45) is 4.12. The molecule has 5 heteroatoms. The number of anilines is 1. The number of rotatable bonds is 3. The number of hydrogen-bond acceptors (Lipinski definition) is 2. The third-order valence-corrected chi connectivity index (χ3v) is 3.78. The summed E-state index contributed by atoms with van der Waals surface area (Å²) in [5.41, 5.74) is 1.81. The Balaban J connectivity index is 2.00. The van der Waals surface area contributed by atoms with Crippen molar-refractivity contribution in [2.75, 3.05) is 17.3 Å². The van der Waals surface area contributed by atoms with Gasteiger partial charge in [0.2, 0.25) is 5.91 Å². The highest BCUT2D eigenvalue weighted by atomic mass is 35.5. The molecule has 0 radical (unpaired) electrons. The summed E-state index contributed by atoms with van der Waals surface area (Å²) in [7, 11) is 0. The van der Waals surface area contributed by atoms with Crippen LogP contribution in [0.5, 0.6) is 0 Å². The lowest BCUT2D eigenvalue weighted by molar-refractivity contribution is -0.117. The summed E-state index contributed by atoms with van der Waals surface area (Å²) in [5.74, 6) is 0.886. The van der Waals surface area contributed by atoms with Gasteiger partial charge in [-0.25, -0.2) is 4.68 Å². The summed E-state index contributed by atoms with van der Waals surface area (Å²) in [5, 5.41) is 4.24. The Hall–Kier alpha value is -1.81. The standard InChI is InChI=1S/C14H14ClN3O/c15-9-11-8-14(19)17(10-11)12-4-1-2-5-13(12)18-7-3-6-16-18/h1-7,11H,8-10H2. The molecular weight excluding hydrogens is 262 g/mol. The molecule has 0 aliphatic carbocycles. The fourth-order valence-electron chi connectivity index (χ4n) is 2.42. The highest BCUT2D eigenvalue weighted by Gasteiger charge is 2.31. The lowest BCUT2D eigenvalue weighted by Crippen LogP contribution is -2.26. The number of carbonyl (C=O) groups excluding carboxylic acids is 1. The van der Waals surface area contributed by atoms with Crippen LogP contribution in [0, 0.1) is 5.92 Å². The minimum atomic E-state index is 0.130. The minimum absolute atomic E-state index is 0.130. The first kappa shape index (κ1) is 12.2. The number of halogens is 1. The van der Waals surface area contributed by atoms with Crippen molar-refractivity contribution in [1.82, 2.24) is 9.78 Å². The van der Waals surface area contributed by atoms with Crippen LogP contribution < -0.4 is 4.90 Å². The molecule has 1 saturated heterocycles. The topological polar surface area (TPSA) is 38.1 Å². The van der Waals surface area contributed by atoms with Gasteiger partial charge < -0.3 is 4.90 Å². The molecule has 19 heavy (non-hydrogen) atoms. The van der Waals surface area contributed by atoms with E-state index in [0.717, 1.165) is 11.4 Å². The number of hydrogen-bond donors (Lipinski definition) is 0. The molecule has 1 atom stereocenters. The van der Waals surface area contributed by atoms with Gasteiger partial charge in [0.15, 0.2) is 0 Å². The molecular formula is C14H14ClN3O. The van der Waals surface area contributed by atoms with Crippen molar-refractivity contribution in [3.8, 4) is 5.69 Å². The van der Waals surface area contributed by atoms with E-state index in [4.69, 9.17) is 11.6 Å². The van der Waals surface area contributed by atoms with Crippen LogP contribution in [0.15, 0.2) is 42.7 Å². The van der Waals surface area contributed by atoms with E-state index in [1.807, 2.05) is 41.4 Å². The van der Waals surface area contributed by atoms with Crippen LogP contribution in [-0.2, 0) is 4.79 Å². The summed E-state index contributed by atoms with van der Waals surface area (Å²) in [6.45, 7) is 0.681. The zero-order chi connectivity index (χ0) is 13.2. The first-order valence-electron chi connectivity index (χ1n) is 6.25. The Morgan fingerprint density at radius 1 is 1.26 bits per heavy atom. The van der Waals surface area contributed by atoms with Crippen molar-refractivity contribution in [1.29, 1.82) is 0 Å². The van der Waals surface area contributed by atoms with Gasteiger partial charge in [-0.05, 0) is 24.1 Å². The normalized spacial score (nSPS) is 19.1. The Morgan fingerprint density at radius 3 is 2.68 bits per heavy atom. The Morgan fingerprint density at radius 2 is 2.05 bits per heavy atom. The summed E-state index contributed by atoms with van der Waals surface area (Å²) in [6, 6.07) is 9.66. The van der Waals surface area contributed by atoms with E-state index in [2.05, 4.69) is 5.10 Å². The number of aromatic nitrogens is 2. The van der Waals surface area contributed by atoms with Crippen LogP contribution in [0.4, 0.5) is 5.69 Å². The van der Waals surface area contributed by atoms with E-state index in [1.165, 1.54) is 0 Å². The smallest absolute Gasteiger partial charge is 0.227 e. The number of alkyl halides is 1. The molecule has 1 unspecified atom stereocenters. The molecule has 0 bridgehead atoms. The van der Waals surface area contributed by atoms with Gasteiger partial charge in [0.05, 0.1) is 11.4 Å². The second-order valence-corrected chi connectivity index (χ2v) is 4.98. The maximum atomic E-state index is 12.1. The molecule has 0 spiro atoms. The number of nitrogens with zero attached hydrogens (tertiary/aromatic N) is 3. The molecule has 1 aromatic heterocycles. The third-order valence-electron chi connectivity index (χ3n) is 3.35. The third kappa shape index (κ3) is 2.24. The SMILES string of the molecule is O=C1CC(CCl)CN1c1ccccc1-n1cccn1. The lowest BCUT2D eigenvalue weighted by Gasteiger charge is -2.20. The molecule has 2 heterocycles. The van der Waals surface area contributed by atoms with Crippen molar-refractivity contribution in [2.24, 2.45) is 5.92 Å². The van der Waals surface area contributed by atoms with Crippen LogP contribution in [0.3, 0.4) is 0 Å². The van der Waals surface area contributed by atoms with Crippen LogP contribution in [0.1, 0.15) is 6.42 Å². The summed E-state index contributed by atoms with van der Waals surface area (Å²) < 4.78 is 1.77. The van der Waals surface area contributed by atoms with Crippen molar-refractivity contribution < 1.29 is 4.79 Å². The predicted molar refractivity (Wildman–Crippen MR) is 74.7 cm³/mol. The number of para-hydroxylation sites is 2. The van der Waals surface area contributed by atoms with E-state index in [0.29, 0.717) is 18.8 Å². The van der Waals surface area contributed by atoms with Crippen molar-refractivity contribution in [3.05, 3.63) is 42.7 Å². The average molecular weight is 276 g/mol. The second-order valence-electron chi connectivity index (χ2n) is 4.67. The van der Waals surface area contributed by atoms with E-state index < -0.39 is 0 Å². The van der Waals surface area contributed by atoms with Crippen molar-refractivity contribution in [3.63, 3.8) is 0 Å². The number of amides is 1. The van der Waals surface area contributed by atoms with E-state index >= 15 is 0 Å². The van der Waals surface area contributed by atoms with Gasteiger partial charge in [-0.1, -0.05) is 12.1 Å². The molecule has 98 valence electrons. The molecule has 4 nitrogen and oxygen atoms in total. The Kier molecular flexibility index (Phi) is 3.25. The van der Waals surface area contributed by atoms with Gasteiger partial charge in [-0.15, -0.1) is 11.6 Å². The van der Waals surface area contributed by atoms with E-state index in [1.54, 1.807) is 10.9 Å². The Labute approximate surface area is 116 Å². The van der Waals surface area contributed by atoms with Gasteiger partial charge in [0.25, 0.3) is 0 Å². The van der Waals surface area contributed by atoms with E-state index in [9.17, 15) is 4.79 Å². The van der Waals surface area contributed by atoms with E-state index in [-0.39, 0.29) is 11.8 Å². The van der Waals surface area contributed by atoms with Gasteiger partial charge in [-0.2, -0.15) is 5.10 Å². The van der Waals surface area contributed by atoms with Gasteiger partial charge in [0.1, 0.15) is 0 Å². The number of carbonyl (C=O) groups is 1. The molecule has 1 amide bonds. The largest absolute Gasteiger partial charge is 0.310 e. The Bertz CT molecular complexity index is 582. The minimum Gasteiger partial charge on any atom is -0.310 e. The van der Waals surface area contributed by atoms with Gasteiger partial charge >= 0.3 is 0 Å². The highest BCUT2D eigenvalue weighted by Crippen LogP contribution is 2.30. The molecule has 1 aliphatic rings. The summed E-state index contributed by atoms with van der Waals surface area (Å²) in [4.78, 5) is 13.9. The van der Waals surface area contributed by atoms with Gasteiger partial charge in [0, 0.05) is 31.2 Å². The monoisotopic (exact) mass is 275 g/mol. The summed E-state index contributed by atoms with van der Waals surface area (Å²) >= 11 is 5.87. The number of benzene rings is 1. The first-order chi connectivity index (χ1) is 9.29. The zero-order valence-electron chi connectivity index (χ0n) is 10.4.